The maximum atomic E-state index is 12.6. The quantitative estimate of drug-likeness (QED) is 0.773. The number of ketones is 1. The molecule has 2 heterocycles. The number of likely N-dealkylation sites (tertiary alicyclic amines) is 1. The number of aliphatic hydroxyl groups excluding tert-OH is 2. The van der Waals surface area contributed by atoms with Crippen molar-refractivity contribution in [1.82, 2.24) is 4.90 Å². The van der Waals surface area contributed by atoms with E-state index in [-0.39, 0.29) is 30.5 Å². The minimum absolute atomic E-state index is 0.0597. The molecule has 1 spiro atoms. The van der Waals surface area contributed by atoms with Gasteiger partial charge >= 0.3 is 0 Å². The van der Waals surface area contributed by atoms with Crippen LogP contribution >= 0.6 is 0 Å². The highest BCUT2D eigenvalue weighted by Crippen LogP contribution is 2.66. The zero-order chi connectivity index (χ0) is 19.2. The van der Waals surface area contributed by atoms with Crippen LogP contribution in [0.15, 0.2) is 35.8 Å². The van der Waals surface area contributed by atoms with E-state index >= 15 is 0 Å². The Hall–Kier alpha value is -1.63. The Morgan fingerprint density at radius 3 is 2.74 bits per heavy atom. The van der Waals surface area contributed by atoms with Gasteiger partial charge in [-0.05, 0) is 50.9 Å². The summed E-state index contributed by atoms with van der Waals surface area (Å²) < 4.78 is 11.8. The van der Waals surface area contributed by atoms with E-state index in [1.165, 1.54) is 0 Å². The maximum absolute atomic E-state index is 12.6. The first-order valence-electron chi connectivity index (χ1n) is 9.85. The van der Waals surface area contributed by atoms with Crippen molar-refractivity contribution >= 4 is 5.78 Å². The number of methoxy groups -OCH3 is 1. The van der Waals surface area contributed by atoms with E-state index in [1.807, 2.05) is 6.08 Å². The fourth-order valence-electron chi connectivity index (χ4n) is 5.90. The molecule has 6 nitrogen and oxygen atoms in total. The molecule has 5 rings (SSSR count). The minimum Gasteiger partial charge on any atom is -0.493 e. The van der Waals surface area contributed by atoms with Crippen LogP contribution in [-0.2, 0) is 14.3 Å². The van der Waals surface area contributed by atoms with Crippen molar-refractivity contribution in [3.05, 3.63) is 35.8 Å². The highest BCUT2D eigenvalue weighted by Gasteiger charge is 2.69. The lowest BCUT2D eigenvalue weighted by atomic mass is 9.48. The molecule has 148 valence electrons. The lowest BCUT2D eigenvalue weighted by molar-refractivity contribution is -0.140. The number of hydrogen-bond acceptors (Lipinski definition) is 6. The molecule has 2 saturated heterocycles. The number of carbonyl (C=O) groups excluding carboxylic acids is 1. The van der Waals surface area contributed by atoms with Crippen LogP contribution in [-0.4, -0.2) is 67.0 Å². The van der Waals surface area contributed by atoms with Gasteiger partial charge in [0, 0.05) is 36.5 Å². The summed E-state index contributed by atoms with van der Waals surface area (Å²) in [7, 11) is 3.91. The molecule has 6 atom stereocenters. The third kappa shape index (κ3) is 2.61. The van der Waals surface area contributed by atoms with Crippen molar-refractivity contribution in [2.75, 3.05) is 33.9 Å². The lowest BCUT2D eigenvalue weighted by Gasteiger charge is -2.59. The second kappa shape index (κ2) is 7.08. The monoisotopic (exact) mass is 375 g/mol. The number of carbonyl (C=O) groups is 1. The van der Waals surface area contributed by atoms with Gasteiger partial charge in [0.2, 0.25) is 0 Å². The number of allylic oxidation sites excluding steroid dienone is 3. The highest BCUT2D eigenvalue weighted by atomic mass is 16.5. The molecule has 0 amide bonds. The van der Waals surface area contributed by atoms with Gasteiger partial charge in [-0.15, -0.1) is 0 Å². The van der Waals surface area contributed by atoms with Gasteiger partial charge in [-0.1, -0.05) is 12.2 Å². The number of piperidine rings is 1. The molecule has 3 fully saturated rings. The van der Waals surface area contributed by atoms with E-state index in [9.17, 15) is 4.79 Å². The fraction of sp³-hybridized carbons (Fsp3) is 0.667. The molecule has 2 bridgehead atoms. The molecule has 2 aliphatic heterocycles. The molecule has 3 aliphatic carbocycles. The molecule has 0 aromatic carbocycles. The summed E-state index contributed by atoms with van der Waals surface area (Å²) in [5.41, 5.74) is -0.0597. The zero-order valence-electron chi connectivity index (χ0n) is 16.0. The lowest BCUT2D eigenvalue weighted by Crippen LogP contribution is -2.64. The second-order valence-corrected chi connectivity index (χ2v) is 8.17. The Labute approximate surface area is 160 Å². The Morgan fingerprint density at radius 1 is 1.30 bits per heavy atom. The Bertz CT molecular complexity index is 697. The first-order valence-corrected chi connectivity index (χ1v) is 9.85. The summed E-state index contributed by atoms with van der Waals surface area (Å²) >= 11 is 0. The largest absolute Gasteiger partial charge is 0.493 e. The number of aliphatic hydroxyl groups is 2. The van der Waals surface area contributed by atoms with Gasteiger partial charge < -0.3 is 24.6 Å². The van der Waals surface area contributed by atoms with E-state index < -0.39 is 0 Å². The average Bonchev–Trinajstić information content (AvgIpc) is 3.03. The molecule has 2 unspecified atom stereocenters. The highest BCUT2D eigenvalue weighted by molar-refractivity contribution is 5.96. The van der Waals surface area contributed by atoms with Gasteiger partial charge in [0.25, 0.3) is 0 Å². The van der Waals surface area contributed by atoms with Gasteiger partial charge in [-0.25, -0.2) is 0 Å². The molecule has 0 aromatic rings. The third-order valence-corrected chi connectivity index (χ3v) is 7.04. The molecule has 2 N–H and O–H groups in total. The average molecular weight is 375 g/mol. The van der Waals surface area contributed by atoms with Crippen LogP contribution in [0.5, 0.6) is 0 Å². The van der Waals surface area contributed by atoms with Gasteiger partial charge in [0.1, 0.15) is 5.76 Å². The van der Waals surface area contributed by atoms with Gasteiger partial charge in [0.15, 0.2) is 17.6 Å². The van der Waals surface area contributed by atoms with Crippen LogP contribution in [0.2, 0.25) is 0 Å². The Balaban J connectivity index is 0.000000323. The van der Waals surface area contributed by atoms with Crippen LogP contribution in [0.4, 0.5) is 0 Å². The maximum Gasteiger partial charge on any atom is 0.196 e. The summed E-state index contributed by atoms with van der Waals surface area (Å²) in [6.07, 6.45) is 10.6. The van der Waals surface area contributed by atoms with Crippen LogP contribution in [0.1, 0.15) is 19.3 Å². The molecule has 0 radical (unpaired) electrons. The summed E-state index contributed by atoms with van der Waals surface area (Å²) in [5.74, 6) is 3.07. The Kier molecular flexibility index (Phi) is 4.91. The first kappa shape index (κ1) is 18.7. The smallest absolute Gasteiger partial charge is 0.196 e. The van der Waals surface area contributed by atoms with Gasteiger partial charge in [-0.3, -0.25) is 4.79 Å². The number of nitrogens with zero attached hydrogens (tertiary/aromatic N) is 1. The molecule has 27 heavy (non-hydrogen) atoms. The van der Waals surface area contributed by atoms with Crippen molar-refractivity contribution in [2.45, 2.75) is 31.4 Å². The SMILES string of the molecule is COC1=C2O[C@H]3C(=O)C=C[C@H]4[C@H]5CC(C=C1)C2[C@@]34CCN5C.OCCCO. The molecule has 6 heteroatoms. The van der Waals surface area contributed by atoms with Gasteiger partial charge in [-0.2, -0.15) is 0 Å². The van der Waals surface area contributed by atoms with Crippen molar-refractivity contribution < 1.29 is 24.5 Å². The number of ether oxygens (including phenoxy) is 2. The summed E-state index contributed by atoms with van der Waals surface area (Å²) in [6.45, 7) is 1.23. The van der Waals surface area contributed by atoms with Crippen molar-refractivity contribution in [2.24, 2.45) is 23.2 Å². The zero-order valence-corrected chi connectivity index (χ0v) is 16.0. The van der Waals surface area contributed by atoms with Crippen LogP contribution in [0.3, 0.4) is 0 Å². The molecule has 5 aliphatic rings. The predicted molar refractivity (Wildman–Crippen MR) is 99.5 cm³/mol. The van der Waals surface area contributed by atoms with Gasteiger partial charge in [0.05, 0.1) is 7.11 Å². The number of rotatable bonds is 3. The standard InChI is InChI=1S/C18H21NO3.C3H8O2/c1-19-8-7-18-11-4-5-13(20)17(18)22-16-14(21-2)6-3-10(15(16)18)9-12(11)19;4-2-1-3-5/h3-6,10-12,15,17H,7-9H2,1-2H3;4-5H,1-3H2/t10?,11-,12+,15?,17-,18-;/m0./s1. The predicted octanol–water partition coefficient (Wildman–Crippen LogP) is 1.26. The van der Waals surface area contributed by atoms with Crippen molar-refractivity contribution in [1.29, 1.82) is 0 Å². The molecular weight excluding hydrogens is 346 g/mol. The number of hydrogen-bond donors (Lipinski definition) is 2. The minimum atomic E-state index is -0.313. The van der Waals surface area contributed by atoms with E-state index in [0.29, 0.717) is 30.2 Å². The summed E-state index contributed by atoms with van der Waals surface area (Å²) in [4.78, 5) is 15.0. The van der Waals surface area contributed by atoms with E-state index in [0.717, 1.165) is 30.9 Å². The summed E-state index contributed by atoms with van der Waals surface area (Å²) in [6, 6.07) is 0.513. The van der Waals surface area contributed by atoms with Crippen LogP contribution in [0.25, 0.3) is 0 Å². The molecule has 0 aromatic heterocycles. The van der Waals surface area contributed by atoms with E-state index in [2.05, 4.69) is 24.1 Å². The van der Waals surface area contributed by atoms with Crippen LogP contribution in [0, 0.1) is 23.2 Å². The fourth-order valence-corrected chi connectivity index (χ4v) is 5.90. The third-order valence-electron chi connectivity index (χ3n) is 7.04. The Morgan fingerprint density at radius 2 is 2.07 bits per heavy atom. The summed E-state index contributed by atoms with van der Waals surface area (Å²) in [5, 5.41) is 15.8. The van der Waals surface area contributed by atoms with E-state index in [1.54, 1.807) is 13.2 Å². The first-order chi connectivity index (χ1) is 13.1. The second-order valence-electron chi connectivity index (χ2n) is 8.17. The molecule has 1 saturated carbocycles. The normalized spacial score (nSPS) is 40.9. The van der Waals surface area contributed by atoms with Crippen LogP contribution < -0.4 is 0 Å². The topological polar surface area (TPSA) is 79.2 Å². The molecular formula is C21H29NO5. The van der Waals surface area contributed by atoms with E-state index in [4.69, 9.17) is 19.7 Å². The van der Waals surface area contributed by atoms with Crippen molar-refractivity contribution in [3.8, 4) is 0 Å². The van der Waals surface area contributed by atoms with Crippen molar-refractivity contribution in [3.63, 3.8) is 0 Å².